The van der Waals surface area contributed by atoms with Crippen molar-refractivity contribution < 1.29 is 14.3 Å². The van der Waals surface area contributed by atoms with Crippen molar-refractivity contribution in [1.29, 1.82) is 0 Å². The van der Waals surface area contributed by atoms with Crippen LogP contribution < -0.4 is 20.1 Å². The lowest BCUT2D eigenvalue weighted by Crippen LogP contribution is -2.27. The standard InChI is InChI=1S/C20H28N4O3/c1-5-6-10-22-20-23-14(2)12-16(24-20)19(25)21-11-9-15-7-8-17(26-3)18(13-15)27-4/h7-8,12-13H,5-6,9-11H2,1-4H3,(H,21,25)(H,22,23,24). The normalized spacial score (nSPS) is 10.4. The molecular formula is C20H28N4O3. The summed E-state index contributed by atoms with van der Waals surface area (Å²) in [5, 5.41) is 6.07. The number of hydrogen-bond acceptors (Lipinski definition) is 6. The van der Waals surface area contributed by atoms with E-state index in [-0.39, 0.29) is 5.91 Å². The molecule has 0 fully saturated rings. The highest BCUT2D eigenvalue weighted by Gasteiger charge is 2.11. The Balaban J connectivity index is 1.93. The summed E-state index contributed by atoms with van der Waals surface area (Å²) in [4.78, 5) is 21.1. The van der Waals surface area contributed by atoms with Crippen molar-refractivity contribution in [3.63, 3.8) is 0 Å². The van der Waals surface area contributed by atoms with E-state index in [9.17, 15) is 4.79 Å². The number of aryl methyl sites for hydroxylation is 1. The number of nitrogens with zero attached hydrogens (tertiary/aromatic N) is 2. The Labute approximate surface area is 160 Å². The summed E-state index contributed by atoms with van der Waals surface area (Å²) in [5.74, 6) is 1.65. The van der Waals surface area contributed by atoms with E-state index in [2.05, 4.69) is 27.5 Å². The number of ether oxygens (including phenoxy) is 2. The zero-order valence-corrected chi connectivity index (χ0v) is 16.5. The molecule has 2 aromatic rings. The van der Waals surface area contributed by atoms with Crippen LogP contribution in [0.1, 0.15) is 41.5 Å². The number of amides is 1. The van der Waals surface area contributed by atoms with E-state index in [1.165, 1.54) is 0 Å². The van der Waals surface area contributed by atoms with Gasteiger partial charge in [0.1, 0.15) is 5.69 Å². The van der Waals surface area contributed by atoms with Crippen LogP contribution in [0.3, 0.4) is 0 Å². The molecule has 0 saturated carbocycles. The highest BCUT2D eigenvalue weighted by molar-refractivity contribution is 5.92. The molecule has 1 aromatic heterocycles. The summed E-state index contributed by atoms with van der Waals surface area (Å²) in [5.41, 5.74) is 2.18. The highest BCUT2D eigenvalue weighted by atomic mass is 16.5. The van der Waals surface area contributed by atoms with Gasteiger partial charge in [-0.2, -0.15) is 0 Å². The summed E-state index contributed by atoms with van der Waals surface area (Å²) < 4.78 is 10.5. The van der Waals surface area contributed by atoms with Gasteiger partial charge in [-0.15, -0.1) is 0 Å². The van der Waals surface area contributed by atoms with Crippen LogP contribution in [0.4, 0.5) is 5.95 Å². The molecule has 7 heteroatoms. The second kappa shape index (κ2) is 10.4. The van der Waals surface area contributed by atoms with Crippen LogP contribution in [0.2, 0.25) is 0 Å². The van der Waals surface area contributed by atoms with Gasteiger partial charge in [-0.1, -0.05) is 19.4 Å². The molecule has 0 aliphatic rings. The first kappa shape index (κ1) is 20.5. The summed E-state index contributed by atoms with van der Waals surface area (Å²) >= 11 is 0. The monoisotopic (exact) mass is 372 g/mol. The van der Waals surface area contributed by atoms with Crippen LogP contribution in [0.5, 0.6) is 11.5 Å². The lowest BCUT2D eigenvalue weighted by Gasteiger charge is -2.11. The average molecular weight is 372 g/mol. The molecule has 0 radical (unpaired) electrons. The summed E-state index contributed by atoms with van der Waals surface area (Å²) in [6.07, 6.45) is 2.80. The number of aromatic nitrogens is 2. The van der Waals surface area contributed by atoms with E-state index in [0.717, 1.165) is 30.6 Å². The van der Waals surface area contributed by atoms with Crippen LogP contribution in [0.15, 0.2) is 24.3 Å². The molecule has 0 spiro atoms. The van der Waals surface area contributed by atoms with Gasteiger partial charge in [0.05, 0.1) is 14.2 Å². The Morgan fingerprint density at radius 1 is 1.07 bits per heavy atom. The number of nitrogens with one attached hydrogen (secondary N) is 2. The SMILES string of the molecule is CCCCNc1nc(C)cc(C(=O)NCCc2ccc(OC)c(OC)c2)n1. The summed E-state index contributed by atoms with van der Waals surface area (Å²) in [6.45, 7) is 5.26. The van der Waals surface area contributed by atoms with Crippen molar-refractivity contribution in [1.82, 2.24) is 15.3 Å². The minimum absolute atomic E-state index is 0.209. The largest absolute Gasteiger partial charge is 0.493 e. The predicted octanol–water partition coefficient (Wildman–Crippen LogP) is 2.99. The number of rotatable bonds is 10. The predicted molar refractivity (Wildman–Crippen MR) is 106 cm³/mol. The molecule has 1 aromatic carbocycles. The van der Waals surface area contributed by atoms with Gasteiger partial charge in [0.15, 0.2) is 11.5 Å². The van der Waals surface area contributed by atoms with Crippen molar-refractivity contribution >= 4 is 11.9 Å². The fraction of sp³-hybridized carbons (Fsp3) is 0.450. The van der Waals surface area contributed by atoms with Crippen molar-refractivity contribution in [2.75, 3.05) is 32.6 Å². The number of benzene rings is 1. The van der Waals surface area contributed by atoms with Crippen LogP contribution in [0.25, 0.3) is 0 Å². The Morgan fingerprint density at radius 2 is 1.85 bits per heavy atom. The minimum atomic E-state index is -0.209. The molecule has 0 atom stereocenters. The smallest absolute Gasteiger partial charge is 0.270 e. The third-order valence-corrected chi connectivity index (χ3v) is 4.05. The van der Waals surface area contributed by atoms with E-state index < -0.39 is 0 Å². The topological polar surface area (TPSA) is 85.4 Å². The first-order chi connectivity index (χ1) is 13.1. The number of carbonyl (C=O) groups is 1. The second-order valence-corrected chi connectivity index (χ2v) is 6.19. The molecule has 27 heavy (non-hydrogen) atoms. The number of methoxy groups -OCH3 is 2. The highest BCUT2D eigenvalue weighted by Crippen LogP contribution is 2.27. The Bertz CT molecular complexity index is 765. The molecular weight excluding hydrogens is 344 g/mol. The third kappa shape index (κ3) is 6.13. The Morgan fingerprint density at radius 3 is 2.56 bits per heavy atom. The molecule has 1 amide bonds. The van der Waals surface area contributed by atoms with Gasteiger partial charge in [0.25, 0.3) is 5.91 Å². The molecule has 1 heterocycles. The van der Waals surface area contributed by atoms with Gasteiger partial charge in [0, 0.05) is 18.8 Å². The van der Waals surface area contributed by atoms with Crippen LogP contribution in [0, 0.1) is 6.92 Å². The minimum Gasteiger partial charge on any atom is -0.493 e. The molecule has 2 N–H and O–H groups in total. The summed E-state index contributed by atoms with van der Waals surface area (Å²) in [6, 6.07) is 7.42. The molecule has 0 unspecified atom stereocenters. The zero-order chi connectivity index (χ0) is 19.6. The quantitative estimate of drug-likeness (QED) is 0.624. The third-order valence-electron chi connectivity index (χ3n) is 4.05. The molecule has 7 nitrogen and oxygen atoms in total. The second-order valence-electron chi connectivity index (χ2n) is 6.19. The van der Waals surface area contributed by atoms with E-state index in [0.29, 0.717) is 36.1 Å². The first-order valence-corrected chi connectivity index (χ1v) is 9.16. The maximum atomic E-state index is 12.4. The zero-order valence-electron chi connectivity index (χ0n) is 16.5. The Kier molecular flexibility index (Phi) is 7.85. The maximum absolute atomic E-state index is 12.4. The molecule has 146 valence electrons. The number of carbonyl (C=O) groups excluding carboxylic acids is 1. The molecule has 0 saturated heterocycles. The summed E-state index contributed by atoms with van der Waals surface area (Å²) in [7, 11) is 3.21. The lowest BCUT2D eigenvalue weighted by atomic mass is 10.1. The average Bonchev–Trinajstić information content (AvgIpc) is 2.67. The van der Waals surface area contributed by atoms with E-state index in [1.807, 2.05) is 25.1 Å². The van der Waals surface area contributed by atoms with Gasteiger partial charge in [-0.25, -0.2) is 9.97 Å². The van der Waals surface area contributed by atoms with Gasteiger partial charge >= 0.3 is 0 Å². The van der Waals surface area contributed by atoms with E-state index >= 15 is 0 Å². The van der Waals surface area contributed by atoms with Gasteiger partial charge in [-0.3, -0.25) is 4.79 Å². The Hall–Kier alpha value is -2.83. The van der Waals surface area contributed by atoms with Crippen molar-refractivity contribution in [2.24, 2.45) is 0 Å². The van der Waals surface area contributed by atoms with Gasteiger partial charge in [0.2, 0.25) is 5.95 Å². The van der Waals surface area contributed by atoms with Crippen molar-refractivity contribution in [2.45, 2.75) is 33.1 Å². The molecule has 2 rings (SSSR count). The number of anilines is 1. The van der Waals surface area contributed by atoms with Gasteiger partial charge in [-0.05, 0) is 43.5 Å². The number of hydrogen-bond donors (Lipinski definition) is 2. The fourth-order valence-electron chi connectivity index (χ4n) is 2.59. The molecule has 0 aliphatic heterocycles. The maximum Gasteiger partial charge on any atom is 0.270 e. The van der Waals surface area contributed by atoms with Crippen molar-refractivity contribution in [3.05, 3.63) is 41.2 Å². The fourth-order valence-corrected chi connectivity index (χ4v) is 2.59. The molecule has 0 aliphatic carbocycles. The van der Waals surface area contributed by atoms with E-state index in [1.54, 1.807) is 20.3 Å². The van der Waals surface area contributed by atoms with E-state index in [4.69, 9.17) is 9.47 Å². The number of unbranched alkanes of at least 4 members (excludes halogenated alkanes) is 1. The van der Waals surface area contributed by atoms with Crippen LogP contribution in [-0.2, 0) is 6.42 Å². The van der Waals surface area contributed by atoms with Crippen LogP contribution >= 0.6 is 0 Å². The molecule has 0 bridgehead atoms. The lowest BCUT2D eigenvalue weighted by molar-refractivity contribution is 0.0949. The van der Waals surface area contributed by atoms with Crippen molar-refractivity contribution in [3.8, 4) is 11.5 Å². The van der Waals surface area contributed by atoms with Crippen LogP contribution in [-0.4, -0.2) is 43.2 Å². The first-order valence-electron chi connectivity index (χ1n) is 9.16. The van der Waals surface area contributed by atoms with Gasteiger partial charge < -0.3 is 20.1 Å².